The first-order chi connectivity index (χ1) is 11.6. The third-order valence-corrected chi connectivity index (χ3v) is 3.67. The molecule has 2 aromatic heterocycles. The second-order valence-electron chi connectivity index (χ2n) is 5.22. The smallest absolute Gasteiger partial charge is 0.343 e. The Bertz CT molecular complexity index is 875. The van der Waals surface area contributed by atoms with Crippen molar-refractivity contribution in [1.29, 1.82) is 0 Å². The number of hydrogen-bond donors (Lipinski definition) is 0. The van der Waals surface area contributed by atoms with Gasteiger partial charge in [-0.15, -0.1) is 0 Å². The van der Waals surface area contributed by atoms with Crippen LogP contribution in [0.15, 0.2) is 36.7 Å². The van der Waals surface area contributed by atoms with E-state index in [1.165, 1.54) is 25.4 Å². The molecule has 0 saturated carbocycles. The first-order valence-electron chi connectivity index (χ1n) is 7.36. The molecule has 0 fully saturated rings. The van der Waals surface area contributed by atoms with E-state index in [1.54, 1.807) is 30.1 Å². The molecule has 0 atom stereocenters. The Labute approximate surface area is 137 Å². The molecule has 3 aromatic rings. The van der Waals surface area contributed by atoms with Crippen LogP contribution in [-0.4, -0.2) is 34.5 Å². The van der Waals surface area contributed by atoms with Crippen molar-refractivity contribution in [3.63, 3.8) is 0 Å². The van der Waals surface area contributed by atoms with Gasteiger partial charge >= 0.3 is 5.97 Å². The molecule has 0 bridgehead atoms. The number of hydrogen-bond acceptors (Lipinski definition) is 5. The molecule has 0 aliphatic rings. The van der Waals surface area contributed by atoms with Gasteiger partial charge in [0.25, 0.3) is 0 Å². The summed E-state index contributed by atoms with van der Waals surface area (Å²) in [6, 6.07) is 6.07. The van der Waals surface area contributed by atoms with E-state index in [0.717, 1.165) is 5.56 Å². The maximum Gasteiger partial charge on any atom is 0.343 e. The van der Waals surface area contributed by atoms with Crippen LogP contribution in [-0.2, 0) is 18.2 Å². The molecule has 0 aliphatic heterocycles. The summed E-state index contributed by atoms with van der Waals surface area (Å²) in [4.78, 5) is 16.5. The zero-order valence-electron chi connectivity index (χ0n) is 13.3. The molecular formula is C17H16FN3O3. The van der Waals surface area contributed by atoms with Gasteiger partial charge < -0.3 is 9.47 Å². The fourth-order valence-corrected chi connectivity index (χ4v) is 2.43. The number of esters is 1. The van der Waals surface area contributed by atoms with Crippen LogP contribution in [0.5, 0.6) is 5.75 Å². The largest absolute Gasteiger partial charge is 0.495 e. The van der Waals surface area contributed by atoms with E-state index in [4.69, 9.17) is 9.47 Å². The molecule has 0 radical (unpaired) electrons. The highest BCUT2D eigenvalue weighted by atomic mass is 19.1. The van der Waals surface area contributed by atoms with Crippen molar-refractivity contribution in [3.05, 3.63) is 53.6 Å². The molecule has 24 heavy (non-hydrogen) atoms. The van der Waals surface area contributed by atoms with E-state index in [0.29, 0.717) is 23.2 Å². The Balaban J connectivity index is 1.72. The highest BCUT2D eigenvalue weighted by molar-refractivity contribution is 5.98. The van der Waals surface area contributed by atoms with Crippen molar-refractivity contribution in [2.45, 2.75) is 6.42 Å². The number of methoxy groups -OCH3 is 1. The van der Waals surface area contributed by atoms with Crippen molar-refractivity contribution in [2.24, 2.45) is 7.05 Å². The van der Waals surface area contributed by atoms with E-state index < -0.39 is 5.97 Å². The van der Waals surface area contributed by atoms with E-state index in [-0.39, 0.29) is 18.0 Å². The number of ether oxygens (including phenoxy) is 2. The summed E-state index contributed by atoms with van der Waals surface area (Å²) in [6.45, 7) is 0.179. The summed E-state index contributed by atoms with van der Waals surface area (Å²) in [6.07, 6.45) is 3.51. The number of carbonyl (C=O) groups is 1. The SMILES string of the molecule is COc1c(C(=O)OCCc2ccc(F)cc2)cnc2c1cnn2C. The average Bonchev–Trinajstić information content (AvgIpc) is 2.97. The minimum absolute atomic E-state index is 0.179. The van der Waals surface area contributed by atoms with Crippen molar-refractivity contribution < 1.29 is 18.7 Å². The van der Waals surface area contributed by atoms with Crippen LogP contribution < -0.4 is 4.74 Å². The molecule has 3 rings (SSSR count). The second kappa shape index (κ2) is 6.66. The van der Waals surface area contributed by atoms with Gasteiger partial charge in [-0.05, 0) is 17.7 Å². The molecule has 0 N–H and O–H groups in total. The number of pyridine rings is 1. The monoisotopic (exact) mass is 329 g/mol. The van der Waals surface area contributed by atoms with Gasteiger partial charge in [-0.2, -0.15) is 5.10 Å². The van der Waals surface area contributed by atoms with Crippen LogP contribution in [0, 0.1) is 5.82 Å². The number of aromatic nitrogens is 3. The molecule has 7 heteroatoms. The quantitative estimate of drug-likeness (QED) is 0.673. The van der Waals surface area contributed by atoms with Gasteiger partial charge in [0.05, 0.1) is 25.3 Å². The average molecular weight is 329 g/mol. The normalized spacial score (nSPS) is 10.8. The van der Waals surface area contributed by atoms with Crippen LogP contribution in [0.25, 0.3) is 11.0 Å². The number of carbonyl (C=O) groups excluding carboxylic acids is 1. The van der Waals surface area contributed by atoms with E-state index in [2.05, 4.69) is 10.1 Å². The van der Waals surface area contributed by atoms with Crippen molar-refractivity contribution in [1.82, 2.24) is 14.8 Å². The van der Waals surface area contributed by atoms with Crippen molar-refractivity contribution >= 4 is 17.0 Å². The van der Waals surface area contributed by atoms with Gasteiger partial charge in [0.15, 0.2) is 5.65 Å². The number of rotatable bonds is 5. The fourth-order valence-electron chi connectivity index (χ4n) is 2.43. The summed E-state index contributed by atoms with van der Waals surface area (Å²) in [5.74, 6) is -0.427. The number of benzene rings is 1. The second-order valence-corrected chi connectivity index (χ2v) is 5.22. The highest BCUT2D eigenvalue weighted by Gasteiger charge is 2.19. The van der Waals surface area contributed by atoms with Gasteiger partial charge in [-0.25, -0.2) is 14.2 Å². The molecule has 6 nitrogen and oxygen atoms in total. The Morgan fingerprint density at radius 3 is 2.71 bits per heavy atom. The number of halogens is 1. The standard InChI is InChI=1S/C17H16FN3O3/c1-21-16-13(10-20-21)15(23-2)14(9-19-16)17(22)24-8-7-11-3-5-12(18)6-4-11/h3-6,9-10H,7-8H2,1-2H3. The summed E-state index contributed by atoms with van der Waals surface area (Å²) < 4.78 is 25.1. The van der Waals surface area contributed by atoms with Crippen LogP contribution in [0.4, 0.5) is 4.39 Å². The Kier molecular flexibility index (Phi) is 4.41. The number of nitrogens with zero attached hydrogens (tertiary/aromatic N) is 3. The minimum atomic E-state index is -0.521. The van der Waals surface area contributed by atoms with Gasteiger partial charge in [-0.3, -0.25) is 4.68 Å². The molecule has 0 unspecified atom stereocenters. The van der Waals surface area contributed by atoms with Crippen LogP contribution >= 0.6 is 0 Å². The lowest BCUT2D eigenvalue weighted by molar-refractivity contribution is 0.0505. The molecule has 1 aromatic carbocycles. The number of aryl methyl sites for hydroxylation is 1. The predicted octanol–water partition coefficient (Wildman–Crippen LogP) is 2.52. The van der Waals surface area contributed by atoms with Gasteiger partial charge in [0.1, 0.15) is 17.1 Å². The third-order valence-electron chi connectivity index (χ3n) is 3.67. The maximum atomic E-state index is 12.9. The molecule has 0 spiro atoms. The first kappa shape index (κ1) is 15.9. The summed E-state index contributed by atoms with van der Waals surface area (Å²) in [7, 11) is 3.24. The topological polar surface area (TPSA) is 66.2 Å². The predicted molar refractivity (Wildman–Crippen MR) is 85.4 cm³/mol. The lowest BCUT2D eigenvalue weighted by Crippen LogP contribution is -2.10. The van der Waals surface area contributed by atoms with E-state index in [9.17, 15) is 9.18 Å². The molecular weight excluding hydrogens is 313 g/mol. The van der Waals surface area contributed by atoms with Crippen LogP contribution in [0.3, 0.4) is 0 Å². The molecule has 124 valence electrons. The molecule has 0 aliphatic carbocycles. The minimum Gasteiger partial charge on any atom is -0.495 e. The zero-order valence-corrected chi connectivity index (χ0v) is 13.3. The Hall–Kier alpha value is -2.96. The summed E-state index contributed by atoms with van der Waals surface area (Å²) >= 11 is 0. The zero-order chi connectivity index (χ0) is 17.1. The number of fused-ring (bicyclic) bond motifs is 1. The molecule has 2 heterocycles. The summed E-state index contributed by atoms with van der Waals surface area (Å²) in [5.41, 5.74) is 1.75. The van der Waals surface area contributed by atoms with Crippen molar-refractivity contribution in [3.8, 4) is 5.75 Å². The van der Waals surface area contributed by atoms with Crippen molar-refractivity contribution in [2.75, 3.05) is 13.7 Å². The molecule has 0 saturated heterocycles. The lowest BCUT2D eigenvalue weighted by atomic mass is 10.1. The van der Waals surface area contributed by atoms with Gasteiger partial charge in [0.2, 0.25) is 0 Å². The Morgan fingerprint density at radius 2 is 2.00 bits per heavy atom. The van der Waals surface area contributed by atoms with Gasteiger partial charge in [-0.1, -0.05) is 12.1 Å². The maximum absolute atomic E-state index is 12.9. The lowest BCUT2D eigenvalue weighted by Gasteiger charge is -2.09. The summed E-state index contributed by atoms with van der Waals surface area (Å²) in [5, 5.41) is 4.75. The molecule has 0 amide bonds. The van der Waals surface area contributed by atoms with Crippen LogP contribution in [0.2, 0.25) is 0 Å². The Morgan fingerprint density at radius 1 is 1.25 bits per heavy atom. The van der Waals surface area contributed by atoms with E-state index >= 15 is 0 Å². The first-order valence-corrected chi connectivity index (χ1v) is 7.36. The van der Waals surface area contributed by atoms with Gasteiger partial charge in [0, 0.05) is 19.7 Å². The fraction of sp³-hybridized carbons (Fsp3) is 0.235. The van der Waals surface area contributed by atoms with E-state index in [1.807, 2.05) is 0 Å². The van der Waals surface area contributed by atoms with Crippen LogP contribution in [0.1, 0.15) is 15.9 Å². The highest BCUT2D eigenvalue weighted by Crippen LogP contribution is 2.28. The third kappa shape index (κ3) is 3.05.